The van der Waals surface area contributed by atoms with E-state index < -0.39 is 5.97 Å². The Morgan fingerprint density at radius 2 is 2.33 bits per heavy atom. The average molecular weight is 207 g/mol. The third-order valence-corrected chi connectivity index (χ3v) is 2.08. The van der Waals surface area contributed by atoms with Gasteiger partial charge in [-0.1, -0.05) is 0 Å². The van der Waals surface area contributed by atoms with Crippen LogP contribution in [-0.4, -0.2) is 32.8 Å². The van der Waals surface area contributed by atoms with Crippen LogP contribution >= 0.6 is 0 Å². The first-order valence-electron chi connectivity index (χ1n) is 4.26. The summed E-state index contributed by atoms with van der Waals surface area (Å²) < 4.78 is 6.42. The number of nitrogens with zero attached hydrogens (tertiary/aromatic N) is 3. The van der Waals surface area contributed by atoms with Crippen LogP contribution in [0.3, 0.4) is 0 Å². The average Bonchev–Trinajstić information content (AvgIpc) is 2.53. The molecule has 0 aromatic carbocycles. The highest BCUT2D eigenvalue weighted by molar-refractivity contribution is 5.95. The first-order valence-corrected chi connectivity index (χ1v) is 4.26. The molecule has 0 aliphatic heterocycles. The normalized spacial score (nSPS) is 10.5. The van der Waals surface area contributed by atoms with E-state index in [0.29, 0.717) is 17.2 Å². The van der Waals surface area contributed by atoms with Gasteiger partial charge in [0.1, 0.15) is 5.56 Å². The van der Waals surface area contributed by atoms with Crippen LogP contribution in [-0.2, 0) is 0 Å². The Morgan fingerprint density at radius 3 is 2.93 bits per heavy atom. The molecule has 0 radical (unpaired) electrons. The Balaban J connectivity index is 2.84. The van der Waals surface area contributed by atoms with Gasteiger partial charge in [-0.15, -0.1) is 0 Å². The van der Waals surface area contributed by atoms with Crippen molar-refractivity contribution in [2.45, 2.75) is 6.92 Å². The van der Waals surface area contributed by atoms with Gasteiger partial charge in [-0.2, -0.15) is 9.61 Å². The van der Waals surface area contributed by atoms with Crippen LogP contribution in [0.5, 0.6) is 5.88 Å². The first kappa shape index (κ1) is 9.45. The van der Waals surface area contributed by atoms with Crippen LogP contribution in [0.1, 0.15) is 16.1 Å². The zero-order valence-electron chi connectivity index (χ0n) is 8.26. The molecule has 0 saturated carbocycles. The number of carbonyl (C=O) groups is 1. The molecule has 6 heteroatoms. The number of fused-ring (bicyclic) bond motifs is 1. The van der Waals surface area contributed by atoms with Gasteiger partial charge in [0, 0.05) is 12.3 Å². The molecular weight excluding hydrogens is 198 g/mol. The molecule has 0 bridgehead atoms. The maximum atomic E-state index is 11.0. The maximum absolute atomic E-state index is 11.0. The lowest BCUT2D eigenvalue weighted by Gasteiger charge is -2.00. The fourth-order valence-electron chi connectivity index (χ4n) is 1.44. The van der Waals surface area contributed by atoms with Crippen LogP contribution < -0.4 is 4.74 Å². The van der Waals surface area contributed by atoms with Gasteiger partial charge in [0.05, 0.1) is 12.8 Å². The standard InChI is InChI=1S/C9H9N3O3/c1-5-7(9(13)14)8-10-4-3-6(15-2)12(8)11-5/h3-4H,1-2H3,(H,13,14). The number of carboxylic acids is 1. The second-order valence-corrected chi connectivity index (χ2v) is 2.99. The summed E-state index contributed by atoms with van der Waals surface area (Å²) in [6, 6.07) is 1.62. The zero-order valence-corrected chi connectivity index (χ0v) is 8.26. The molecule has 2 heterocycles. The van der Waals surface area contributed by atoms with Crippen molar-refractivity contribution >= 4 is 11.6 Å². The van der Waals surface area contributed by atoms with Crippen molar-refractivity contribution in [1.29, 1.82) is 0 Å². The molecule has 2 rings (SSSR count). The Morgan fingerprint density at radius 1 is 1.60 bits per heavy atom. The van der Waals surface area contributed by atoms with Crippen LogP contribution in [0.15, 0.2) is 12.3 Å². The molecule has 0 aliphatic carbocycles. The van der Waals surface area contributed by atoms with Gasteiger partial charge >= 0.3 is 5.97 Å². The van der Waals surface area contributed by atoms with Crippen molar-refractivity contribution in [3.05, 3.63) is 23.5 Å². The molecule has 0 spiro atoms. The quantitative estimate of drug-likeness (QED) is 0.786. The van der Waals surface area contributed by atoms with E-state index in [0.717, 1.165) is 0 Å². The second-order valence-electron chi connectivity index (χ2n) is 2.99. The van der Waals surface area contributed by atoms with Gasteiger partial charge in [-0.25, -0.2) is 9.78 Å². The van der Waals surface area contributed by atoms with E-state index in [1.165, 1.54) is 17.8 Å². The highest BCUT2D eigenvalue weighted by atomic mass is 16.5. The van der Waals surface area contributed by atoms with E-state index in [-0.39, 0.29) is 5.56 Å². The molecule has 6 nitrogen and oxygen atoms in total. The lowest BCUT2D eigenvalue weighted by atomic mass is 10.2. The SMILES string of the molecule is COc1ccnc2c(C(=O)O)c(C)nn12. The van der Waals surface area contributed by atoms with Crippen molar-refractivity contribution in [1.82, 2.24) is 14.6 Å². The summed E-state index contributed by atoms with van der Waals surface area (Å²) in [6.45, 7) is 1.62. The minimum atomic E-state index is -1.04. The number of methoxy groups -OCH3 is 1. The topological polar surface area (TPSA) is 76.7 Å². The molecule has 78 valence electrons. The molecule has 0 saturated heterocycles. The van der Waals surface area contributed by atoms with Crippen LogP contribution in [0.4, 0.5) is 0 Å². The van der Waals surface area contributed by atoms with Gasteiger partial charge in [0.25, 0.3) is 0 Å². The number of ether oxygens (including phenoxy) is 1. The summed E-state index contributed by atoms with van der Waals surface area (Å²) in [6.07, 6.45) is 1.49. The van der Waals surface area contributed by atoms with E-state index in [4.69, 9.17) is 9.84 Å². The Bertz CT molecular complexity index is 533. The molecule has 15 heavy (non-hydrogen) atoms. The van der Waals surface area contributed by atoms with Gasteiger partial charge in [0.15, 0.2) is 5.65 Å². The number of hydrogen-bond donors (Lipinski definition) is 1. The molecule has 2 aromatic rings. The maximum Gasteiger partial charge on any atom is 0.341 e. The van der Waals surface area contributed by atoms with Gasteiger partial charge < -0.3 is 9.84 Å². The third-order valence-electron chi connectivity index (χ3n) is 2.08. The zero-order chi connectivity index (χ0) is 11.0. The van der Waals surface area contributed by atoms with E-state index in [1.54, 1.807) is 13.0 Å². The summed E-state index contributed by atoms with van der Waals surface area (Å²) in [4.78, 5) is 14.9. The van der Waals surface area contributed by atoms with Crippen LogP contribution in [0.2, 0.25) is 0 Å². The summed E-state index contributed by atoms with van der Waals surface area (Å²) >= 11 is 0. The summed E-state index contributed by atoms with van der Waals surface area (Å²) in [7, 11) is 1.49. The first-order chi connectivity index (χ1) is 7.15. The van der Waals surface area contributed by atoms with Crippen molar-refractivity contribution in [3.8, 4) is 5.88 Å². The highest BCUT2D eigenvalue weighted by Crippen LogP contribution is 2.18. The Kier molecular flexibility index (Phi) is 2.03. The molecule has 2 aromatic heterocycles. The molecule has 1 N–H and O–H groups in total. The van der Waals surface area contributed by atoms with Crippen LogP contribution in [0.25, 0.3) is 5.65 Å². The van der Waals surface area contributed by atoms with E-state index in [9.17, 15) is 4.79 Å². The molecular formula is C9H9N3O3. The van der Waals surface area contributed by atoms with E-state index in [2.05, 4.69) is 10.1 Å². The fourth-order valence-corrected chi connectivity index (χ4v) is 1.44. The summed E-state index contributed by atoms with van der Waals surface area (Å²) in [5.41, 5.74) is 0.813. The highest BCUT2D eigenvalue weighted by Gasteiger charge is 2.18. The summed E-state index contributed by atoms with van der Waals surface area (Å²) in [5, 5.41) is 13.0. The lowest BCUT2D eigenvalue weighted by Crippen LogP contribution is -2.00. The lowest BCUT2D eigenvalue weighted by molar-refractivity contribution is 0.0698. The predicted molar refractivity (Wildman–Crippen MR) is 51.2 cm³/mol. The molecule has 0 unspecified atom stereocenters. The monoisotopic (exact) mass is 207 g/mol. The Labute approximate surface area is 85.1 Å². The van der Waals surface area contributed by atoms with Gasteiger partial charge in [-0.3, -0.25) is 0 Å². The fraction of sp³-hybridized carbons (Fsp3) is 0.222. The molecule has 0 atom stereocenters. The minimum Gasteiger partial charge on any atom is -0.481 e. The third kappa shape index (κ3) is 1.30. The number of carboxylic acid groups (broad SMARTS) is 1. The number of rotatable bonds is 2. The summed E-state index contributed by atoms with van der Waals surface area (Å²) in [5.74, 6) is -0.584. The van der Waals surface area contributed by atoms with Crippen molar-refractivity contribution in [2.24, 2.45) is 0 Å². The number of aromatic nitrogens is 3. The van der Waals surface area contributed by atoms with Crippen molar-refractivity contribution in [3.63, 3.8) is 0 Å². The molecule has 0 fully saturated rings. The van der Waals surface area contributed by atoms with Gasteiger partial charge in [-0.05, 0) is 6.92 Å². The van der Waals surface area contributed by atoms with Crippen LogP contribution in [0, 0.1) is 6.92 Å². The van der Waals surface area contributed by atoms with Crippen molar-refractivity contribution in [2.75, 3.05) is 7.11 Å². The number of hydrogen-bond acceptors (Lipinski definition) is 4. The van der Waals surface area contributed by atoms with E-state index >= 15 is 0 Å². The molecule has 0 aliphatic rings. The minimum absolute atomic E-state index is 0.105. The number of aromatic carboxylic acids is 1. The predicted octanol–water partition coefficient (Wildman–Crippen LogP) is 0.745. The smallest absolute Gasteiger partial charge is 0.341 e. The molecule has 0 amide bonds. The van der Waals surface area contributed by atoms with Gasteiger partial charge in [0.2, 0.25) is 5.88 Å². The Hall–Kier alpha value is -2.11. The second kappa shape index (κ2) is 3.23. The van der Waals surface area contributed by atoms with Crippen molar-refractivity contribution < 1.29 is 14.6 Å². The number of aryl methyl sites for hydroxylation is 1. The largest absolute Gasteiger partial charge is 0.481 e. The van der Waals surface area contributed by atoms with E-state index in [1.807, 2.05) is 0 Å².